The van der Waals surface area contributed by atoms with Crippen LogP contribution < -0.4 is 16.0 Å². The van der Waals surface area contributed by atoms with Crippen LogP contribution in [-0.4, -0.2) is 36.5 Å². The van der Waals surface area contributed by atoms with Crippen LogP contribution in [0, 0.1) is 5.92 Å². The Bertz CT molecular complexity index is 380. The Balaban J connectivity index is 1.69. The van der Waals surface area contributed by atoms with Crippen molar-refractivity contribution < 1.29 is 9.59 Å². The molecule has 5 heteroatoms. The van der Waals surface area contributed by atoms with Gasteiger partial charge >= 0.3 is 0 Å². The third kappa shape index (κ3) is 5.59. The Morgan fingerprint density at radius 1 is 1.18 bits per heavy atom. The van der Waals surface area contributed by atoms with Gasteiger partial charge in [0, 0.05) is 18.5 Å². The van der Waals surface area contributed by atoms with Crippen LogP contribution in [0.15, 0.2) is 0 Å². The van der Waals surface area contributed by atoms with E-state index in [-0.39, 0.29) is 17.9 Å². The molecule has 2 rings (SSSR count). The predicted molar refractivity (Wildman–Crippen MR) is 87.4 cm³/mol. The molecule has 1 aliphatic heterocycles. The van der Waals surface area contributed by atoms with Gasteiger partial charge in [-0.25, -0.2) is 0 Å². The Morgan fingerprint density at radius 2 is 1.91 bits per heavy atom. The van der Waals surface area contributed by atoms with Gasteiger partial charge in [-0.2, -0.15) is 0 Å². The van der Waals surface area contributed by atoms with E-state index in [2.05, 4.69) is 22.9 Å². The second kappa shape index (κ2) is 8.51. The van der Waals surface area contributed by atoms with Gasteiger partial charge in [0.1, 0.15) is 6.04 Å². The van der Waals surface area contributed by atoms with Crippen LogP contribution in [0.2, 0.25) is 0 Å². The highest BCUT2D eigenvalue weighted by Gasteiger charge is 2.24. The average molecular weight is 309 g/mol. The maximum Gasteiger partial charge on any atom is 0.242 e. The second-order valence-electron chi connectivity index (χ2n) is 7.08. The Labute approximate surface area is 134 Å². The molecule has 2 aliphatic rings. The molecule has 1 saturated carbocycles. The van der Waals surface area contributed by atoms with E-state index in [1.165, 1.54) is 19.3 Å². The zero-order valence-electron chi connectivity index (χ0n) is 14.0. The molecule has 0 bridgehead atoms. The zero-order chi connectivity index (χ0) is 15.9. The largest absolute Gasteiger partial charge is 0.351 e. The number of nitrogens with one attached hydrogen (secondary N) is 3. The molecule has 126 valence electrons. The molecule has 0 aromatic rings. The molecule has 1 heterocycles. The molecule has 5 nitrogen and oxygen atoms in total. The van der Waals surface area contributed by atoms with Crippen LogP contribution in [0.25, 0.3) is 0 Å². The smallest absolute Gasteiger partial charge is 0.242 e. The monoisotopic (exact) mass is 309 g/mol. The predicted octanol–water partition coefficient (Wildman–Crippen LogP) is 1.72. The molecule has 2 fully saturated rings. The first kappa shape index (κ1) is 17.3. The minimum atomic E-state index is -0.443. The van der Waals surface area contributed by atoms with Crippen LogP contribution in [0.4, 0.5) is 0 Å². The third-order valence-electron chi connectivity index (χ3n) is 4.94. The van der Waals surface area contributed by atoms with Gasteiger partial charge in [-0.3, -0.25) is 9.59 Å². The van der Waals surface area contributed by atoms with Crippen LogP contribution >= 0.6 is 0 Å². The summed E-state index contributed by atoms with van der Waals surface area (Å²) in [5, 5.41) is 9.30. The highest BCUT2D eigenvalue weighted by molar-refractivity contribution is 5.87. The maximum atomic E-state index is 12.2. The molecule has 3 unspecified atom stereocenters. The van der Waals surface area contributed by atoms with Gasteiger partial charge in [-0.15, -0.1) is 0 Å². The topological polar surface area (TPSA) is 70.2 Å². The number of carbonyl (C=O) groups is 2. The minimum Gasteiger partial charge on any atom is -0.351 e. The Kier molecular flexibility index (Phi) is 6.68. The lowest BCUT2D eigenvalue weighted by Gasteiger charge is -2.29. The summed E-state index contributed by atoms with van der Waals surface area (Å²) >= 11 is 0. The van der Waals surface area contributed by atoms with E-state index in [1.807, 2.05) is 0 Å². The molecule has 0 spiro atoms. The van der Waals surface area contributed by atoms with E-state index in [0.29, 0.717) is 18.4 Å². The van der Waals surface area contributed by atoms with E-state index >= 15 is 0 Å². The van der Waals surface area contributed by atoms with E-state index in [9.17, 15) is 9.59 Å². The summed E-state index contributed by atoms with van der Waals surface area (Å²) < 4.78 is 0. The summed E-state index contributed by atoms with van der Waals surface area (Å²) in [5.41, 5.74) is 0. The van der Waals surface area contributed by atoms with Crippen LogP contribution in [0.3, 0.4) is 0 Å². The van der Waals surface area contributed by atoms with Crippen molar-refractivity contribution in [1.29, 1.82) is 0 Å². The summed E-state index contributed by atoms with van der Waals surface area (Å²) in [4.78, 5) is 24.3. The standard InChI is InChI=1S/C17H31N3O2/c1-12-10-15(8-9-18-12)20-17(22)13(2)19-16(21)11-14-6-4-3-5-7-14/h12-15,18H,3-11H2,1-2H3,(H,19,21)(H,20,22). The Hall–Kier alpha value is -1.10. The van der Waals surface area contributed by atoms with Crippen molar-refractivity contribution in [3.63, 3.8) is 0 Å². The van der Waals surface area contributed by atoms with Crippen molar-refractivity contribution in [3.05, 3.63) is 0 Å². The lowest BCUT2D eigenvalue weighted by molar-refractivity contribution is -0.129. The zero-order valence-corrected chi connectivity index (χ0v) is 14.0. The minimum absolute atomic E-state index is 0.0215. The van der Waals surface area contributed by atoms with Crippen molar-refractivity contribution in [3.8, 4) is 0 Å². The SMILES string of the molecule is CC1CC(NC(=O)C(C)NC(=O)CC2CCCCC2)CCN1. The molecule has 1 saturated heterocycles. The maximum absolute atomic E-state index is 12.2. The van der Waals surface area contributed by atoms with Crippen LogP contribution in [0.5, 0.6) is 0 Å². The van der Waals surface area contributed by atoms with E-state index < -0.39 is 6.04 Å². The molecule has 3 atom stereocenters. The highest BCUT2D eigenvalue weighted by atomic mass is 16.2. The first-order chi connectivity index (χ1) is 10.5. The van der Waals surface area contributed by atoms with Crippen molar-refractivity contribution in [2.75, 3.05) is 6.54 Å². The quantitative estimate of drug-likeness (QED) is 0.724. The molecule has 0 radical (unpaired) electrons. The molecule has 22 heavy (non-hydrogen) atoms. The fraction of sp³-hybridized carbons (Fsp3) is 0.882. The summed E-state index contributed by atoms with van der Waals surface area (Å²) in [7, 11) is 0. The van der Waals surface area contributed by atoms with Gasteiger partial charge < -0.3 is 16.0 Å². The van der Waals surface area contributed by atoms with Gasteiger partial charge in [0.05, 0.1) is 0 Å². The first-order valence-corrected chi connectivity index (χ1v) is 8.87. The molecule has 1 aliphatic carbocycles. The summed E-state index contributed by atoms with van der Waals surface area (Å²) in [6.07, 6.45) is 8.56. The number of hydrogen-bond acceptors (Lipinski definition) is 3. The fourth-order valence-corrected chi connectivity index (χ4v) is 3.61. The summed E-state index contributed by atoms with van der Waals surface area (Å²) in [5.74, 6) is 0.471. The number of rotatable bonds is 5. The van der Waals surface area contributed by atoms with E-state index in [4.69, 9.17) is 0 Å². The lowest BCUT2D eigenvalue weighted by atomic mass is 9.87. The van der Waals surface area contributed by atoms with Gasteiger partial charge in [-0.05, 0) is 52.0 Å². The lowest BCUT2D eigenvalue weighted by Crippen LogP contribution is -2.52. The fourth-order valence-electron chi connectivity index (χ4n) is 3.61. The average Bonchev–Trinajstić information content (AvgIpc) is 2.48. The van der Waals surface area contributed by atoms with Gasteiger partial charge in [0.15, 0.2) is 0 Å². The molecular formula is C17H31N3O2. The van der Waals surface area contributed by atoms with Gasteiger partial charge in [0.25, 0.3) is 0 Å². The van der Waals surface area contributed by atoms with Crippen molar-refractivity contribution in [2.24, 2.45) is 5.92 Å². The molecule has 3 N–H and O–H groups in total. The molecule has 0 aromatic carbocycles. The number of carbonyl (C=O) groups excluding carboxylic acids is 2. The molecular weight excluding hydrogens is 278 g/mol. The second-order valence-corrected chi connectivity index (χ2v) is 7.08. The van der Waals surface area contributed by atoms with E-state index in [1.54, 1.807) is 6.92 Å². The van der Waals surface area contributed by atoms with Crippen molar-refractivity contribution in [1.82, 2.24) is 16.0 Å². The van der Waals surface area contributed by atoms with Gasteiger partial charge in [0.2, 0.25) is 11.8 Å². The Morgan fingerprint density at radius 3 is 2.59 bits per heavy atom. The first-order valence-electron chi connectivity index (χ1n) is 8.87. The molecule has 0 aromatic heterocycles. The summed E-state index contributed by atoms with van der Waals surface area (Å²) in [6, 6.07) is 0.220. The van der Waals surface area contributed by atoms with E-state index in [0.717, 1.165) is 32.2 Å². The van der Waals surface area contributed by atoms with Crippen molar-refractivity contribution >= 4 is 11.8 Å². The molecule has 2 amide bonds. The van der Waals surface area contributed by atoms with Crippen molar-refractivity contribution in [2.45, 2.75) is 83.3 Å². The normalized spacial score (nSPS) is 27.9. The van der Waals surface area contributed by atoms with Crippen LogP contribution in [0.1, 0.15) is 65.2 Å². The highest BCUT2D eigenvalue weighted by Crippen LogP contribution is 2.26. The van der Waals surface area contributed by atoms with Crippen LogP contribution in [-0.2, 0) is 9.59 Å². The third-order valence-corrected chi connectivity index (χ3v) is 4.94. The summed E-state index contributed by atoms with van der Waals surface area (Å²) in [6.45, 7) is 4.85. The number of hydrogen-bond donors (Lipinski definition) is 3. The number of amides is 2. The van der Waals surface area contributed by atoms with Gasteiger partial charge in [-0.1, -0.05) is 19.3 Å². The number of piperidine rings is 1.